The molecule has 2 amide bonds. The third-order valence-corrected chi connectivity index (χ3v) is 6.80. The molecule has 2 N–H and O–H groups in total. The predicted octanol–water partition coefficient (Wildman–Crippen LogP) is 4.60. The summed E-state index contributed by atoms with van der Waals surface area (Å²) < 4.78 is 23.3. The van der Waals surface area contributed by atoms with E-state index in [0.717, 1.165) is 19.1 Å². The molecule has 1 fully saturated rings. The highest BCUT2D eigenvalue weighted by atomic mass is 35.5. The first-order valence-corrected chi connectivity index (χ1v) is 12.6. The minimum Gasteiger partial charge on any atom is -0.349 e. The van der Waals surface area contributed by atoms with Crippen LogP contribution in [-0.4, -0.2) is 37.5 Å². The van der Waals surface area contributed by atoms with E-state index in [-0.39, 0.29) is 27.4 Å². The number of nitrogens with zero attached hydrogens (tertiary/aromatic N) is 1. The molecule has 4 rings (SSSR count). The number of anilines is 1. The fourth-order valence-electron chi connectivity index (χ4n) is 3.09. The van der Waals surface area contributed by atoms with E-state index >= 15 is 0 Å². The molecule has 10 heteroatoms. The molecule has 0 unspecified atom stereocenters. The average Bonchev–Trinajstić information content (AvgIpc) is 3.58. The number of aromatic nitrogens is 1. The number of hydrogen-bond donors (Lipinski definition) is 2. The van der Waals surface area contributed by atoms with Gasteiger partial charge in [0.1, 0.15) is 0 Å². The summed E-state index contributed by atoms with van der Waals surface area (Å²) in [6.45, 7) is 0. The predicted molar refractivity (Wildman–Crippen MR) is 128 cm³/mol. The third kappa shape index (κ3) is 5.52. The molecule has 0 spiro atoms. The first-order valence-electron chi connectivity index (χ1n) is 9.99. The molecule has 33 heavy (non-hydrogen) atoms. The number of sulfone groups is 1. The Balaban J connectivity index is 1.54. The molecule has 170 valence electrons. The summed E-state index contributed by atoms with van der Waals surface area (Å²) in [6.07, 6.45) is 4.54. The van der Waals surface area contributed by atoms with Crippen LogP contribution in [0.5, 0.6) is 0 Å². The lowest BCUT2D eigenvalue weighted by Crippen LogP contribution is -2.25. The van der Waals surface area contributed by atoms with Crippen LogP contribution in [0.1, 0.15) is 33.6 Å². The van der Waals surface area contributed by atoms with Crippen LogP contribution in [0.2, 0.25) is 10.0 Å². The first-order chi connectivity index (χ1) is 15.6. The van der Waals surface area contributed by atoms with Crippen molar-refractivity contribution in [1.82, 2.24) is 10.3 Å². The van der Waals surface area contributed by atoms with E-state index in [1.54, 1.807) is 30.3 Å². The van der Waals surface area contributed by atoms with Crippen LogP contribution in [0.15, 0.2) is 59.6 Å². The van der Waals surface area contributed by atoms with E-state index in [4.69, 9.17) is 23.2 Å². The lowest BCUT2D eigenvalue weighted by Gasteiger charge is -2.11. The van der Waals surface area contributed by atoms with E-state index in [0.29, 0.717) is 27.5 Å². The fourth-order valence-corrected chi connectivity index (χ4v) is 4.28. The monoisotopic (exact) mass is 503 g/mol. The largest absolute Gasteiger partial charge is 0.349 e. The second kappa shape index (κ2) is 9.13. The molecule has 0 radical (unpaired) electrons. The fraction of sp³-hybridized carbons (Fsp3) is 0.174. The molecule has 0 atom stereocenters. The van der Waals surface area contributed by atoms with Crippen LogP contribution in [0.4, 0.5) is 5.69 Å². The van der Waals surface area contributed by atoms with Crippen molar-refractivity contribution in [2.24, 2.45) is 0 Å². The smallest absolute Gasteiger partial charge is 0.257 e. The zero-order valence-corrected chi connectivity index (χ0v) is 19.8. The summed E-state index contributed by atoms with van der Waals surface area (Å²) in [5.74, 6) is -0.671. The Morgan fingerprint density at radius 1 is 0.970 bits per heavy atom. The van der Waals surface area contributed by atoms with E-state index in [9.17, 15) is 18.0 Å². The maximum absolute atomic E-state index is 12.7. The molecule has 7 nitrogen and oxygen atoms in total. The van der Waals surface area contributed by atoms with Gasteiger partial charge in [0.2, 0.25) is 0 Å². The maximum atomic E-state index is 12.7. The van der Waals surface area contributed by atoms with Gasteiger partial charge in [-0.15, -0.1) is 0 Å². The molecule has 1 aliphatic rings. The molecule has 0 saturated heterocycles. The Morgan fingerprint density at radius 3 is 2.33 bits per heavy atom. The molecular weight excluding hydrogens is 485 g/mol. The minimum absolute atomic E-state index is 0.0198. The van der Waals surface area contributed by atoms with Gasteiger partial charge in [0.25, 0.3) is 11.8 Å². The number of halogens is 2. The van der Waals surface area contributed by atoms with Gasteiger partial charge in [0.15, 0.2) is 9.84 Å². The van der Waals surface area contributed by atoms with Crippen molar-refractivity contribution in [2.75, 3.05) is 11.6 Å². The highest BCUT2D eigenvalue weighted by Crippen LogP contribution is 2.30. The van der Waals surface area contributed by atoms with Crippen LogP contribution in [0.3, 0.4) is 0 Å². The van der Waals surface area contributed by atoms with Gasteiger partial charge >= 0.3 is 0 Å². The van der Waals surface area contributed by atoms with E-state index in [2.05, 4.69) is 15.6 Å². The Morgan fingerprint density at radius 2 is 1.73 bits per heavy atom. The van der Waals surface area contributed by atoms with Crippen LogP contribution in [-0.2, 0) is 9.84 Å². The molecule has 1 saturated carbocycles. The number of nitrogens with one attached hydrogen (secondary N) is 2. The van der Waals surface area contributed by atoms with Gasteiger partial charge in [-0.2, -0.15) is 0 Å². The number of hydrogen-bond acceptors (Lipinski definition) is 5. The molecule has 0 bridgehead atoms. The van der Waals surface area contributed by atoms with Crippen LogP contribution in [0, 0.1) is 0 Å². The summed E-state index contributed by atoms with van der Waals surface area (Å²) in [7, 11) is -3.44. The quantitative estimate of drug-likeness (QED) is 0.511. The number of carbonyl (C=O) groups is 2. The van der Waals surface area contributed by atoms with Gasteiger partial charge in [0.05, 0.1) is 31.8 Å². The second-order valence-electron chi connectivity index (χ2n) is 7.74. The molecule has 1 aromatic heterocycles. The van der Waals surface area contributed by atoms with E-state index < -0.39 is 15.7 Å². The SMILES string of the molecule is CS(=O)(=O)c1ccc(C(=O)Nc2ccc(Cl)c(-c3ccc(C(=O)NC4CC4)cn3)c2)c(Cl)c1. The van der Waals surface area contributed by atoms with E-state index in [1.807, 2.05) is 0 Å². The molecule has 0 aliphatic heterocycles. The van der Waals surface area contributed by atoms with Crippen molar-refractivity contribution in [1.29, 1.82) is 0 Å². The van der Waals surface area contributed by atoms with E-state index in [1.165, 1.54) is 24.4 Å². The van der Waals surface area contributed by atoms with Gasteiger partial charge in [0, 0.05) is 29.7 Å². The lowest BCUT2D eigenvalue weighted by atomic mass is 10.1. The Hall–Kier alpha value is -2.94. The van der Waals surface area contributed by atoms with Gasteiger partial charge in [-0.05, 0) is 61.4 Å². The summed E-state index contributed by atoms with van der Waals surface area (Å²) in [5, 5.41) is 6.08. The molecule has 1 heterocycles. The minimum atomic E-state index is -3.44. The summed E-state index contributed by atoms with van der Waals surface area (Å²) in [4.78, 5) is 29.2. The number of benzene rings is 2. The average molecular weight is 504 g/mol. The van der Waals surface area contributed by atoms with Crippen molar-refractivity contribution < 1.29 is 18.0 Å². The Labute approximate surface area is 201 Å². The highest BCUT2D eigenvalue weighted by molar-refractivity contribution is 7.90. The maximum Gasteiger partial charge on any atom is 0.257 e. The van der Waals surface area contributed by atoms with Crippen LogP contribution in [0.25, 0.3) is 11.3 Å². The number of rotatable bonds is 6. The van der Waals surface area contributed by atoms with Crippen LogP contribution >= 0.6 is 23.2 Å². The topological polar surface area (TPSA) is 105 Å². The molecule has 1 aliphatic carbocycles. The number of pyridine rings is 1. The van der Waals surface area contributed by atoms with Crippen molar-refractivity contribution in [3.05, 3.63) is 75.9 Å². The van der Waals surface area contributed by atoms with Crippen molar-refractivity contribution in [3.63, 3.8) is 0 Å². The Kier molecular flexibility index (Phi) is 6.43. The zero-order valence-electron chi connectivity index (χ0n) is 17.4. The Bertz CT molecular complexity index is 1350. The number of amides is 2. The third-order valence-electron chi connectivity index (χ3n) is 5.05. The highest BCUT2D eigenvalue weighted by Gasteiger charge is 2.24. The van der Waals surface area contributed by atoms with Gasteiger partial charge < -0.3 is 10.6 Å². The zero-order chi connectivity index (χ0) is 23.8. The second-order valence-corrected chi connectivity index (χ2v) is 10.6. The van der Waals surface area contributed by atoms with Crippen LogP contribution < -0.4 is 10.6 Å². The molecule has 2 aromatic carbocycles. The van der Waals surface area contributed by atoms with Crippen molar-refractivity contribution in [3.8, 4) is 11.3 Å². The molecule has 3 aromatic rings. The first kappa shape index (κ1) is 23.2. The van der Waals surface area contributed by atoms with Gasteiger partial charge in [-0.1, -0.05) is 23.2 Å². The van der Waals surface area contributed by atoms with Crippen molar-refractivity contribution in [2.45, 2.75) is 23.8 Å². The van der Waals surface area contributed by atoms with Crippen molar-refractivity contribution >= 4 is 50.5 Å². The normalized spacial score (nSPS) is 13.4. The van der Waals surface area contributed by atoms with Gasteiger partial charge in [-0.25, -0.2) is 8.42 Å². The summed E-state index contributed by atoms with van der Waals surface area (Å²) in [6, 6.07) is 12.4. The van der Waals surface area contributed by atoms with Gasteiger partial charge in [-0.3, -0.25) is 14.6 Å². The number of carbonyl (C=O) groups excluding carboxylic acids is 2. The summed E-state index contributed by atoms with van der Waals surface area (Å²) in [5.41, 5.74) is 2.14. The lowest BCUT2D eigenvalue weighted by molar-refractivity contribution is 0.0950. The molecular formula is C23H19Cl2N3O4S. The standard InChI is InChI=1S/C23H19Cl2N3O4S/c1-33(31,32)16-6-7-17(20(25)11-16)23(30)28-15-5-8-19(24)18(10-15)21-9-2-13(12-26-21)22(29)27-14-3-4-14/h2,5-12,14H,3-4H2,1H3,(H,27,29)(H,28,30). The summed E-state index contributed by atoms with van der Waals surface area (Å²) >= 11 is 12.5.